The average Bonchev–Trinajstić information content (AvgIpc) is 3.66. The molecule has 0 bridgehead atoms. The van der Waals surface area contributed by atoms with Gasteiger partial charge in [0.1, 0.15) is 17.6 Å². The maximum Gasteiger partial charge on any atom is 0.504 e. The summed E-state index contributed by atoms with van der Waals surface area (Å²) < 4.78 is 40.7. The van der Waals surface area contributed by atoms with Gasteiger partial charge in [-0.15, -0.1) is 13.2 Å². The van der Waals surface area contributed by atoms with Gasteiger partial charge in [-0.1, -0.05) is 49.4 Å². The number of anilines is 1. The summed E-state index contributed by atoms with van der Waals surface area (Å²) in [6.07, 6.45) is -2.20. The highest BCUT2D eigenvalue weighted by Crippen LogP contribution is 2.41. The minimum Gasteiger partial charge on any atom is -0.352 e. The van der Waals surface area contributed by atoms with Crippen LogP contribution in [0.25, 0.3) is 5.69 Å². The number of benzene rings is 2. The molecule has 1 aliphatic rings. The van der Waals surface area contributed by atoms with Gasteiger partial charge >= 0.3 is 6.30 Å². The summed E-state index contributed by atoms with van der Waals surface area (Å²) in [5.74, 6) is -1.73. The van der Waals surface area contributed by atoms with Crippen molar-refractivity contribution in [1.82, 2.24) is 30.2 Å². The number of rotatable bonds is 8. The lowest BCUT2D eigenvalue weighted by atomic mass is 9.82. The second-order valence-corrected chi connectivity index (χ2v) is 9.67. The minimum atomic E-state index is -4.80. The molecule has 3 heterocycles. The van der Waals surface area contributed by atoms with Gasteiger partial charge in [-0.05, 0) is 36.2 Å². The number of fused-ring (bicyclic) bond motifs is 1. The first-order chi connectivity index (χ1) is 20.1. The van der Waals surface area contributed by atoms with Crippen molar-refractivity contribution < 1.29 is 27.6 Å². The van der Waals surface area contributed by atoms with Crippen LogP contribution in [0.2, 0.25) is 0 Å². The standard InChI is InChI=1S/C29H28F3N7O3/c1-3-23(40)33-16-18-9-8-10-19(15-18)24-21-17-34-39(20-11-6-5-7-12-20)27(21)37(4-2)28(42)25(24)35-26(41)22-13-14-38(36-22)29(30,31)32/h5-15,17,24-25H,3-4,16H2,1-2H3,(H,33,40)(H,35,41)/t24-,25+/m1/s1. The molecule has 2 N–H and O–H groups in total. The Balaban J connectivity index is 1.59. The van der Waals surface area contributed by atoms with Gasteiger partial charge in [0.2, 0.25) is 5.91 Å². The molecule has 0 saturated heterocycles. The Kier molecular flexibility index (Phi) is 7.83. The molecule has 0 spiro atoms. The molecular formula is C29H28F3N7O3. The van der Waals surface area contributed by atoms with Crippen molar-refractivity contribution in [2.24, 2.45) is 0 Å². The zero-order chi connectivity index (χ0) is 30.0. The first-order valence-corrected chi connectivity index (χ1v) is 13.4. The predicted octanol–water partition coefficient (Wildman–Crippen LogP) is 3.87. The summed E-state index contributed by atoms with van der Waals surface area (Å²) in [6.45, 7) is 4.03. The van der Waals surface area contributed by atoms with Gasteiger partial charge in [-0.2, -0.15) is 14.9 Å². The van der Waals surface area contributed by atoms with Gasteiger partial charge in [-0.3, -0.25) is 19.3 Å². The van der Waals surface area contributed by atoms with Crippen LogP contribution in [0, 0.1) is 0 Å². The van der Waals surface area contributed by atoms with E-state index in [1.54, 1.807) is 36.9 Å². The van der Waals surface area contributed by atoms with Crippen molar-refractivity contribution >= 4 is 23.5 Å². The number of hydrogen-bond donors (Lipinski definition) is 2. The van der Waals surface area contributed by atoms with Crippen LogP contribution >= 0.6 is 0 Å². The molecule has 0 saturated carbocycles. The molecule has 0 unspecified atom stereocenters. The molecule has 13 heteroatoms. The molecule has 5 rings (SSSR count). The van der Waals surface area contributed by atoms with Crippen LogP contribution in [0.1, 0.15) is 53.4 Å². The van der Waals surface area contributed by atoms with E-state index in [1.165, 1.54) is 4.90 Å². The fourth-order valence-corrected chi connectivity index (χ4v) is 5.04. The van der Waals surface area contributed by atoms with Gasteiger partial charge in [0, 0.05) is 37.2 Å². The number of carbonyl (C=O) groups excluding carboxylic acids is 3. The van der Waals surface area contributed by atoms with Crippen LogP contribution < -0.4 is 15.5 Å². The van der Waals surface area contributed by atoms with Crippen LogP contribution in [-0.4, -0.2) is 49.9 Å². The Morgan fingerprint density at radius 1 is 1.02 bits per heavy atom. The minimum absolute atomic E-state index is 0.123. The number of halogens is 3. The maximum absolute atomic E-state index is 14.1. The van der Waals surface area contributed by atoms with E-state index in [-0.39, 0.29) is 23.7 Å². The van der Waals surface area contributed by atoms with Gasteiger partial charge in [0.15, 0.2) is 0 Å². The molecule has 1 aliphatic heterocycles. The number of amides is 3. The molecule has 2 aromatic carbocycles. The van der Waals surface area contributed by atoms with Gasteiger partial charge in [0.05, 0.1) is 11.9 Å². The molecule has 2 atom stereocenters. The molecule has 10 nitrogen and oxygen atoms in total. The third-order valence-electron chi connectivity index (χ3n) is 7.03. The Bertz CT molecular complexity index is 1610. The summed E-state index contributed by atoms with van der Waals surface area (Å²) >= 11 is 0. The summed E-state index contributed by atoms with van der Waals surface area (Å²) in [5.41, 5.74) is 2.30. The Labute approximate surface area is 239 Å². The van der Waals surface area contributed by atoms with Crippen LogP contribution in [0.5, 0.6) is 0 Å². The van der Waals surface area contributed by atoms with E-state index in [0.717, 1.165) is 17.3 Å². The van der Waals surface area contributed by atoms with Crippen LogP contribution in [0.4, 0.5) is 19.0 Å². The third-order valence-corrected chi connectivity index (χ3v) is 7.03. The molecule has 2 aromatic heterocycles. The lowest BCUT2D eigenvalue weighted by Crippen LogP contribution is -2.55. The van der Waals surface area contributed by atoms with Crippen LogP contribution in [0.15, 0.2) is 73.1 Å². The highest BCUT2D eigenvalue weighted by molar-refractivity contribution is 6.04. The summed E-state index contributed by atoms with van der Waals surface area (Å²) in [6, 6.07) is 16.2. The Hall–Kier alpha value is -4.94. The van der Waals surface area contributed by atoms with Crippen LogP contribution in [-0.2, 0) is 22.4 Å². The molecule has 218 valence electrons. The van der Waals surface area contributed by atoms with E-state index in [9.17, 15) is 27.6 Å². The normalized spacial score (nSPS) is 16.7. The van der Waals surface area contributed by atoms with E-state index >= 15 is 0 Å². The number of nitrogens with zero attached hydrogens (tertiary/aromatic N) is 5. The van der Waals surface area contributed by atoms with Crippen molar-refractivity contribution in [1.29, 1.82) is 0 Å². The number of alkyl halides is 3. The SMILES string of the molecule is CCC(=O)NCc1cccc([C@@H]2c3cnn(-c4ccccc4)c3N(CC)C(=O)[C@H]2NC(=O)c2ccn(C(F)(F)F)n2)c1. The number of carbonyl (C=O) groups is 3. The Morgan fingerprint density at radius 3 is 2.45 bits per heavy atom. The second-order valence-electron chi connectivity index (χ2n) is 9.67. The fraction of sp³-hybridized carbons (Fsp3) is 0.276. The second kappa shape index (κ2) is 11.5. The lowest BCUT2D eigenvalue weighted by molar-refractivity contribution is -0.212. The highest BCUT2D eigenvalue weighted by atomic mass is 19.4. The van der Waals surface area contributed by atoms with Gasteiger partial charge < -0.3 is 10.6 Å². The Morgan fingerprint density at radius 2 is 1.79 bits per heavy atom. The first-order valence-electron chi connectivity index (χ1n) is 13.4. The van der Waals surface area contributed by atoms with Crippen molar-refractivity contribution in [2.75, 3.05) is 11.4 Å². The van der Waals surface area contributed by atoms with E-state index < -0.39 is 35.8 Å². The monoisotopic (exact) mass is 579 g/mol. The molecular weight excluding hydrogens is 551 g/mol. The van der Waals surface area contributed by atoms with E-state index in [4.69, 9.17) is 0 Å². The highest BCUT2D eigenvalue weighted by Gasteiger charge is 2.44. The van der Waals surface area contributed by atoms with Gasteiger partial charge in [-0.25, -0.2) is 4.68 Å². The number of nitrogens with one attached hydrogen (secondary N) is 2. The largest absolute Gasteiger partial charge is 0.504 e. The fourth-order valence-electron chi connectivity index (χ4n) is 5.04. The average molecular weight is 580 g/mol. The summed E-state index contributed by atoms with van der Waals surface area (Å²) in [7, 11) is 0. The first kappa shape index (κ1) is 28.6. The molecule has 0 aliphatic carbocycles. The number of likely N-dealkylation sites (N-methyl/N-ethyl adjacent to an activating group) is 1. The zero-order valence-electron chi connectivity index (χ0n) is 22.8. The van der Waals surface area contributed by atoms with E-state index in [1.807, 2.05) is 42.5 Å². The lowest BCUT2D eigenvalue weighted by Gasteiger charge is -2.38. The number of para-hydroxylation sites is 1. The quantitative estimate of drug-likeness (QED) is 0.329. The zero-order valence-corrected chi connectivity index (χ0v) is 22.8. The van der Waals surface area contributed by atoms with E-state index in [2.05, 4.69) is 20.8 Å². The van der Waals surface area contributed by atoms with Gasteiger partial charge in [0.25, 0.3) is 11.8 Å². The predicted molar refractivity (Wildman–Crippen MR) is 147 cm³/mol. The van der Waals surface area contributed by atoms with Crippen LogP contribution in [0.3, 0.4) is 0 Å². The maximum atomic E-state index is 14.1. The van der Waals surface area contributed by atoms with Crippen molar-refractivity contribution in [3.8, 4) is 5.69 Å². The number of aromatic nitrogens is 4. The molecule has 0 radical (unpaired) electrons. The molecule has 3 amide bonds. The van der Waals surface area contributed by atoms with Crippen molar-refractivity contribution in [3.05, 3.63) is 95.4 Å². The van der Waals surface area contributed by atoms with Crippen molar-refractivity contribution in [2.45, 2.75) is 45.1 Å². The summed E-state index contributed by atoms with van der Waals surface area (Å²) in [5, 5.41) is 13.4. The molecule has 4 aromatic rings. The molecule has 42 heavy (non-hydrogen) atoms. The smallest absolute Gasteiger partial charge is 0.352 e. The number of hydrogen-bond acceptors (Lipinski definition) is 5. The summed E-state index contributed by atoms with van der Waals surface area (Å²) in [4.78, 5) is 40.6. The van der Waals surface area contributed by atoms with Crippen molar-refractivity contribution in [3.63, 3.8) is 0 Å². The molecule has 0 fully saturated rings. The van der Waals surface area contributed by atoms with E-state index in [0.29, 0.717) is 29.6 Å². The topological polar surface area (TPSA) is 114 Å². The third kappa shape index (κ3) is 5.49.